The van der Waals surface area contributed by atoms with Gasteiger partial charge in [0.2, 0.25) is 0 Å². The maximum Gasteiger partial charge on any atom is 0.307 e. The van der Waals surface area contributed by atoms with Gasteiger partial charge in [-0.1, -0.05) is 0 Å². The largest absolute Gasteiger partial charge is 0.481 e. The summed E-state index contributed by atoms with van der Waals surface area (Å²) in [5.41, 5.74) is 0.486. The lowest BCUT2D eigenvalue weighted by molar-refractivity contribution is -0.136. The van der Waals surface area contributed by atoms with Crippen LogP contribution in [0.3, 0.4) is 0 Å². The van der Waals surface area contributed by atoms with Crippen molar-refractivity contribution >= 4 is 44.5 Å². The third-order valence-electron chi connectivity index (χ3n) is 1.41. The van der Waals surface area contributed by atoms with E-state index < -0.39 is 11.8 Å². The average Bonchev–Trinajstić information content (AvgIpc) is 1.98. The first-order valence-electron chi connectivity index (χ1n) is 3.36. The molecule has 0 bridgehead atoms. The monoisotopic (exact) mass is 358 g/mol. The van der Waals surface area contributed by atoms with E-state index in [9.17, 15) is 9.18 Å². The van der Waals surface area contributed by atoms with Crippen LogP contribution in [0.1, 0.15) is 5.56 Å². The summed E-state index contributed by atoms with van der Waals surface area (Å²) in [4.78, 5) is 10.4. The maximum atomic E-state index is 12.8. The molecule has 0 heterocycles. The van der Waals surface area contributed by atoms with Gasteiger partial charge in [-0.05, 0) is 56.2 Å². The van der Waals surface area contributed by atoms with Crippen LogP contribution in [0.15, 0.2) is 16.6 Å². The van der Waals surface area contributed by atoms with Gasteiger partial charge in [0.1, 0.15) is 5.82 Å². The molecule has 0 aliphatic carbocycles. The summed E-state index contributed by atoms with van der Waals surface area (Å²) in [5, 5.41) is 8.53. The fourth-order valence-electron chi connectivity index (χ4n) is 0.901. The first kappa shape index (κ1) is 10.9. The molecule has 2 nitrogen and oxygen atoms in total. The fourth-order valence-corrected chi connectivity index (χ4v) is 1.88. The van der Waals surface area contributed by atoms with Crippen molar-refractivity contribution in [3.05, 3.63) is 31.6 Å². The molecule has 1 aromatic carbocycles. The maximum absolute atomic E-state index is 12.8. The lowest BCUT2D eigenvalue weighted by Gasteiger charge is -2.03. The van der Waals surface area contributed by atoms with Gasteiger partial charge in [0.05, 0.1) is 6.42 Å². The van der Waals surface area contributed by atoms with E-state index in [4.69, 9.17) is 5.11 Å². The molecule has 0 amide bonds. The second-order valence-electron chi connectivity index (χ2n) is 2.43. The minimum Gasteiger partial charge on any atom is -0.481 e. The van der Waals surface area contributed by atoms with Crippen molar-refractivity contribution in [1.82, 2.24) is 0 Å². The van der Waals surface area contributed by atoms with Gasteiger partial charge in [-0.2, -0.15) is 0 Å². The van der Waals surface area contributed by atoms with Gasteiger partial charge in [-0.3, -0.25) is 4.79 Å². The Hall–Kier alpha value is -0.170. The Morgan fingerprint density at radius 1 is 1.62 bits per heavy atom. The van der Waals surface area contributed by atoms with Crippen molar-refractivity contribution in [3.63, 3.8) is 0 Å². The molecule has 0 fully saturated rings. The Labute approximate surface area is 96.4 Å². The zero-order valence-corrected chi connectivity index (χ0v) is 10.1. The van der Waals surface area contributed by atoms with Crippen molar-refractivity contribution < 1.29 is 14.3 Å². The highest BCUT2D eigenvalue weighted by atomic mass is 127. The average molecular weight is 359 g/mol. The molecule has 1 aromatic rings. The Morgan fingerprint density at radius 3 is 2.77 bits per heavy atom. The minimum absolute atomic E-state index is 0.158. The van der Waals surface area contributed by atoms with Crippen molar-refractivity contribution in [3.8, 4) is 0 Å². The molecule has 0 aliphatic heterocycles. The number of halogens is 3. The van der Waals surface area contributed by atoms with E-state index >= 15 is 0 Å². The van der Waals surface area contributed by atoms with E-state index in [0.29, 0.717) is 10.0 Å². The molecule has 70 valence electrons. The molecule has 0 atom stereocenters. The summed E-state index contributed by atoms with van der Waals surface area (Å²) in [5.74, 6) is -1.39. The van der Waals surface area contributed by atoms with Crippen LogP contribution in [0.4, 0.5) is 4.39 Å². The zero-order valence-electron chi connectivity index (χ0n) is 6.35. The highest BCUT2D eigenvalue weighted by Gasteiger charge is 2.09. The number of carboxylic acid groups (broad SMARTS) is 1. The highest BCUT2D eigenvalue weighted by molar-refractivity contribution is 14.1. The van der Waals surface area contributed by atoms with E-state index in [0.717, 1.165) is 3.57 Å². The molecular formula is C8H5BrFIO2. The van der Waals surface area contributed by atoms with E-state index in [-0.39, 0.29) is 6.42 Å². The zero-order chi connectivity index (χ0) is 10.0. The summed E-state index contributed by atoms with van der Waals surface area (Å²) in [6, 6.07) is 2.55. The Kier molecular flexibility index (Phi) is 3.66. The van der Waals surface area contributed by atoms with Gasteiger partial charge in [-0.25, -0.2) is 4.39 Å². The van der Waals surface area contributed by atoms with Crippen molar-refractivity contribution in [1.29, 1.82) is 0 Å². The first-order valence-corrected chi connectivity index (χ1v) is 5.23. The van der Waals surface area contributed by atoms with Gasteiger partial charge in [-0.15, -0.1) is 0 Å². The number of hydrogen-bond donors (Lipinski definition) is 1. The predicted molar refractivity (Wildman–Crippen MR) is 58.2 cm³/mol. The highest BCUT2D eigenvalue weighted by Crippen LogP contribution is 2.24. The fraction of sp³-hybridized carbons (Fsp3) is 0.125. The lowest BCUT2D eigenvalue weighted by Crippen LogP contribution is -2.03. The van der Waals surface area contributed by atoms with Gasteiger partial charge < -0.3 is 5.11 Å². The van der Waals surface area contributed by atoms with E-state index in [2.05, 4.69) is 15.9 Å². The van der Waals surface area contributed by atoms with Crippen molar-refractivity contribution in [2.45, 2.75) is 6.42 Å². The molecule has 0 aromatic heterocycles. The second-order valence-corrected chi connectivity index (χ2v) is 4.36. The van der Waals surface area contributed by atoms with Crippen LogP contribution in [0.2, 0.25) is 0 Å². The van der Waals surface area contributed by atoms with Gasteiger partial charge in [0.25, 0.3) is 0 Å². The smallest absolute Gasteiger partial charge is 0.307 e. The Morgan fingerprint density at radius 2 is 2.23 bits per heavy atom. The molecule has 1 rings (SSSR count). The number of carbonyl (C=O) groups is 1. The van der Waals surface area contributed by atoms with Crippen LogP contribution in [-0.2, 0) is 11.2 Å². The third kappa shape index (κ3) is 2.91. The molecular weight excluding hydrogens is 354 g/mol. The molecule has 0 aliphatic rings. The van der Waals surface area contributed by atoms with Crippen LogP contribution < -0.4 is 0 Å². The Bertz CT molecular complexity index is 354. The number of aliphatic carboxylic acids is 1. The number of hydrogen-bond acceptors (Lipinski definition) is 1. The van der Waals surface area contributed by atoms with Gasteiger partial charge in [0.15, 0.2) is 0 Å². The molecule has 1 N–H and O–H groups in total. The quantitative estimate of drug-likeness (QED) is 0.652. The van der Waals surface area contributed by atoms with Crippen molar-refractivity contribution in [2.24, 2.45) is 0 Å². The van der Waals surface area contributed by atoms with Crippen LogP contribution in [-0.4, -0.2) is 11.1 Å². The molecule has 5 heteroatoms. The molecule has 0 radical (unpaired) electrons. The first-order chi connectivity index (χ1) is 6.00. The standard InChI is InChI=1S/C8H5BrFIO2/c9-6-3-5(10)1-4(8(6)11)2-7(12)13/h1,3H,2H2,(H,12,13). The number of carboxylic acids is 1. The molecule has 0 unspecified atom stereocenters. The van der Waals surface area contributed by atoms with E-state index in [1.165, 1.54) is 12.1 Å². The van der Waals surface area contributed by atoms with Crippen LogP contribution in [0.25, 0.3) is 0 Å². The third-order valence-corrected chi connectivity index (χ3v) is 4.05. The summed E-state index contributed by atoms with van der Waals surface area (Å²) in [7, 11) is 0. The topological polar surface area (TPSA) is 37.3 Å². The van der Waals surface area contributed by atoms with Crippen LogP contribution in [0.5, 0.6) is 0 Å². The van der Waals surface area contributed by atoms with E-state index in [1.54, 1.807) is 0 Å². The molecule has 0 saturated carbocycles. The molecule has 0 saturated heterocycles. The van der Waals surface area contributed by atoms with E-state index in [1.807, 2.05) is 22.6 Å². The normalized spacial score (nSPS) is 10.1. The van der Waals surface area contributed by atoms with Crippen LogP contribution >= 0.6 is 38.5 Å². The minimum atomic E-state index is -0.963. The predicted octanol–water partition coefficient (Wildman–Crippen LogP) is 2.82. The lowest BCUT2D eigenvalue weighted by atomic mass is 10.1. The Balaban J connectivity index is 3.12. The number of benzene rings is 1. The van der Waals surface area contributed by atoms with Gasteiger partial charge >= 0.3 is 5.97 Å². The molecule has 0 spiro atoms. The second kappa shape index (κ2) is 4.36. The molecule has 13 heavy (non-hydrogen) atoms. The number of rotatable bonds is 2. The SMILES string of the molecule is O=C(O)Cc1cc(F)cc(Br)c1I. The van der Waals surface area contributed by atoms with Gasteiger partial charge in [0, 0.05) is 8.04 Å². The van der Waals surface area contributed by atoms with Crippen LogP contribution in [0, 0.1) is 9.39 Å². The summed E-state index contributed by atoms with van der Waals surface area (Å²) in [6.07, 6.45) is -0.158. The summed E-state index contributed by atoms with van der Waals surface area (Å²) >= 11 is 5.12. The van der Waals surface area contributed by atoms with Crippen molar-refractivity contribution in [2.75, 3.05) is 0 Å². The summed E-state index contributed by atoms with van der Waals surface area (Å²) in [6.45, 7) is 0. The summed E-state index contributed by atoms with van der Waals surface area (Å²) < 4.78 is 14.2.